The molecule has 63 heavy (non-hydrogen) atoms. The van der Waals surface area contributed by atoms with Gasteiger partial charge >= 0.3 is 0 Å². The molecule has 3 heterocycles. The second-order valence-corrected chi connectivity index (χ2v) is 15.9. The predicted octanol–water partition coefficient (Wildman–Crippen LogP) is 15.7. The average molecular weight is 804 g/mol. The van der Waals surface area contributed by atoms with Crippen LogP contribution >= 0.6 is 0 Å². The summed E-state index contributed by atoms with van der Waals surface area (Å²) in [6.45, 7) is 0. The lowest BCUT2D eigenvalue weighted by Crippen LogP contribution is -2.01. The molecule has 294 valence electrons. The minimum absolute atomic E-state index is 0.686. The molecule has 0 aliphatic carbocycles. The van der Waals surface area contributed by atoms with Crippen molar-refractivity contribution < 1.29 is 4.42 Å². The van der Waals surface area contributed by atoms with Gasteiger partial charge in [-0.3, -0.25) is 0 Å². The van der Waals surface area contributed by atoms with Gasteiger partial charge in [-0.15, -0.1) is 0 Å². The first-order valence-corrected chi connectivity index (χ1v) is 21.3. The molecule has 9 aromatic carbocycles. The van der Waals surface area contributed by atoms with Gasteiger partial charge in [0.1, 0.15) is 11.2 Å². The van der Waals surface area contributed by atoms with Crippen molar-refractivity contribution >= 4 is 43.6 Å². The number of furan rings is 1. The van der Waals surface area contributed by atoms with Gasteiger partial charge < -0.3 is 4.42 Å². The van der Waals surface area contributed by atoms with Gasteiger partial charge in [-0.2, -0.15) is 0 Å². The van der Waals surface area contributed by atoms with Crippen molar-refractivity contribution in [2.24, 2.45) is 0 Å². The minimum atomic E-state index is 0.686. The van der Waals surface area contributed by atoms with Crippen LogP contribution in [0.1, 0.15) is 0 Å². The van der Waals surface area contributed by atoms with Gasteiger partial charge in [-0.1, -0.05) is 194 Å². The molecule has 0 fully saturated rings. The molecule has 12 aromatic rings. The lowest BCUT2D eigenvalue weighted by atomic mass is 9.89. The van der Waals surface area contributed by atoms with Gasteiger partial charge in [0, 0.05) is 60.3 Å². The number of rotatable bonds is 7. The zero-order valence-electron chi connectivity index (χ0n) is 34.1. The maximum atomic E-state index is 6.65. The van der Waals surface area contributed by atoms with Crippen LogP contribution in [0.3, 0.4) is 0 Å². The van der Waals surface area contributed by atoms with Crippen molar-refractivity contribution in [1.29, 1.82) is 0 Å². The van der Waals surface area contributed by atoms with Crippen LogP contribution < -0.4 is 0 Å². The van der Waals surface area contributed by atoms with E-state index < -0.39 is 0 Å². The normalized spacial score (nSPS) is 11.5. The van der Waals surface area contributed by atoms with E-state index in [0.717, 1.165) is 116 Å². The van der Waals surface area contributed by atoms with E-state index in [9.17, 15) is 0 Å². The van der Waals surface area contributed by atoms with E-state index in [-0.39, 0.29) is 0 Å². The summed E-state index contributed by atoms with van der Waals surface area (Å²) in [6, 6.07) is 78.4. The van der Waals surface area contributed by atoms with Gasteiger partial charge in [0.25, 0.3) is 0 Å². The standard InChI is InChI=1S/C59H37N3O/c1-5-19-38(20-6-1)52-54-46-31-13-15-33-49(46)60-56(48(54)37-51-55(52)47-32-14-16-34-50(47)63-51)45-30-18-28-43(36-45)42-27-17-29-44(35-42)53-57(39-21-7-2-8-22-39)61-59(41-25-11-4-12-26-41)62-58(53)40-23-9-3-10-24-40/h1-37H. The summed E-state index contributed by atoms with van der Waals surface area (Å²) in [7, 11) is 0. The van der Waals surface area contributed by atoms with Crippen molar-refractivity contribution in [3.63, 3.8) is 0 Å². The molecule has 0 spiro atoms. The molecule has 0 saturated carbocycles. The Balaban J connectivity index is 1.07. The summed E-state index contributed by atoms with van der Waals surface area (Å²) in [5.74, 6) is 0.686. The summed E-state index contributed by atoms with van der Waals surface area (Å²) in [5, 5.41) is 5.52. The number of pyridine rings is 1. The monoisotopic (exact) mass is 803 g/mol. The van der Waals surface area contributed by atoms with Gasteiger partial charge in [0.2, 0.25) is 0 Å². The average Bonchev–Trinajstić information content (AvgIpc) is 3.74. The molecule has 3 aromatic heterocycles. The van der Waals surface area contributed by atoms with Crippen molar-refractivity contribution in [2.45, 2.75) is 0 Å². The molecule has 0 unspecified atom stereocenters. The van der Waals surface area contributed by atoms with E-state index in [0.29, 0.717) is 5.82 Å². The predicted molar refractivity (Wildman–Crippen MR) is 260 cm³/mol. The molecule has 4 nitrogen and oxygen atoms in total. The zero-order valence-corrected chi connectivity index (χ0v) is 34.1. The summed E-state index contributed by atoms with van der Waals surface area (Å²) in [5.41, 5.74) is 15.8. The fourth-order valence-electron chi connectivity index (χ4n) is 9.19. The van der Waals surface area contributed by atoms with Crippen LogP contribution in [-0.4, -0.2) is 15.0 Å². The van der Waals surface area contributed by atoms with Crippen LogP contribution in [0, 0.1) is 0 Å². The van der Waals surface area contributed by atoms with E-state index in [4.69, 9.17) is 19.4 Å². The van der Waals surface area contributed by atoms with Gasteiger partial charge in [-0.05, 0) is 52.6 Å². The highest BCUT2D eigenvalue weighted by Crippen LogP contribution is 2.47. The summed E-state index contributed by atoms with van der Waals surface area (Å²) < 4.78 is 6.65. The Morgan fingerprint density at radius 2 is 0.762 bits per heavy atom. The number of benzene rings is 9. The van der Waals surface area contributed by atoms with Gasteiger partial charge in [0.05, 0.1) is 22.6 Å². The Hall–Kier alpha value is -8.47. The smallest absolute Gasteiger partial charge is 0.160 e. The molecular formula is C59H37N3O. The van der Waals surface area contributed by atoms with E-state index in [1.807, 2.05) is 36.4 Å². The largest absolute Gasteiger partial charge is 0.456 e. The molecule has 0 aliphatic rings. The number of para-hydroxylation sites is 2. The summed E-state index contributed by atoms with van der Waals surface area (Å²) in [6.07, 6.45) is 0. The van der Waals surface area contributed by atoms with Crippen LogP contribution in [0.5, 0.6) is 0 Å². The van der Waals surface area contributed by atoms with Gasteiger partial charge in [0.15, 0.2) is 5.82 Å². The van der Waals surface area contributed by atoms with Crippen LogP contribution in [0.25, 0.3) is 122 Å². The molecular weight excluding hydrogens is 767 g/mol. The van der Waals surface area contributed by atoms with E-state index in [1.54, 1.807) is 0 Å². The fourth-order valence-corrected chi connectivity index (χ4v) is 9.19. The Morgan fingerprint density at radius 3 is 1.41 bits per heavy atom. The third-order valence-corrected chi connectivity index (χ3v) is 12.0. The number of fused-ring (bicyclic) bond motifs is 6. The molecule has 0 amide bonds. The van der Waals surface area contributed by atoms with Crippen molar-refractivity contribution in [3.05, 3.63) is 224 Å². The lowest BCUT2D eigenvalue weighted by Gasteiger charge is -2.18. The SMILES string of the molecule is c1ccc(-c2nc(-c3ccccc3)c(-c3cccc(-c4cccc(-c5nc6ccccc6c6c(-c7ccccc7)c7c(cc56)oc5ccccc57)c4)c3)c(-c3ccccc3)n2)cc1. The van der Waals surface area contributed by atoms with Crippen LogP contribution in [0.15, 0.2) is 229 Å². The Morgan fingerprint density at radius 1 is 0.270 bits per heavy atom. The van der Waals surface area contributed by atoms with Crippen LogP contribution in [-0.2, 0) is 0 Å². The minimum Gasteiger partial charge on any atom is -0.456 e. The third-order valence-electron chi connectivity index (χ3n) is 12.0. The topological polar surface area (TPSA) is 51.8 Å². The van der Waals surface area contributed by atoms with Gasteiger partial charge in [-0.25, -0.2) is 15.0 Å². The van der Waals surface area contributed by atoms with Crippen LogP contribution in [0.4, 0.5) is 0 Å². The molecule has 0 saturated heterocycles. The molecule has 0 atom stereocenters. The highest BCUT2D eigenvalue weighted by atomic mass is 16.3. The lowest BCUT2D eigenvalue weighted by molar-refractivity contribution is 0.669. The molecule has 0 N–H and O–H groups in total. The van der Waals surface area contributed by atoms with Crippen molar-refractivity contribution in [2.75, 3.05) is 0 Å². The van der Waals surface area contributed by atoms with E-state index in [1.165, 1.54) is 0 Å². The first-order valence-electron chi connectivity index (χ1n) is 21.3. The summed E-state index contributed by atoms with van der Waals surface area (Å²) in [4.78, 5) is 16.1. The zero-order chi connectivity index (χ0) is 41.7. The second-order valence-electron chi connectivity index (χ2n) is 15.9. The molecule has 0 bridgehead atoms. The number of hydrogen-bond acceptors (Lipinski definition) is 4. The third kappa shape index (κ3) is 6.36. The Kier molecular flexibility index (Phi) is 8.79. The molecule has 12 rings (SSSR count). The van der Waals surface area contributed by atoms with Crippen molar-refractivity contribution in [1.82, 2.24) is 15.0 Å². The quantitative estimate of drug-likeness (QED) is 0.151. The van der Waals surface area contributed by atoms with E-state index in [2.05, 4.69) is 188 Å². The highest BCUT2D eigenvalue weighted by molar-refractivity contribution is 6.27. The maximum absolute atomic E-state index is 6.65. The van der Waals surface area contributed by atoms with Crippen LogP contribution in [0.2, 0.25) is 0 Å². The molecule has 0 radical (unpaired) electrons. The number of nitrogens with zero attached hydrogens (tertiary/aromatic N) is 3. The molecule has 0 aliphatic heterocycles. The Labute approximate surface area is 364 Å². The maximum Gasteiger partial charge on any atom is 0.160 e. The molecule has 4 heteroatoms. The first kappa shape index (κ1) is 36.4. The fraction of sp³-hybridized carbons (Fsp3) is 0. The number of aromatic nitrogens is 3. The Bertz CT molecular complexity index is 3600. The summed E-state index contributed by atoms with van der Waals surface area (Å²) >= 11 is 0. The van der Waals surface area contributed by atoms with E-state index >= 15 is 0 Å². The second kappa shape index (κ2) is 15.2. The number of hydrogen-bond donors (Lipinski definition) is 0. The highest BCUT2D eigenvalue weighted by Gasteiger charge is 2.23. The first-order chi connectivity index (χ1) is 31.2. The van der Waals surface area contributed by atoms with Crippen molar-refractivity contribution in [3.8, 4) is 78.5 Å².